The van der Waals surface area contributed by atoms with E-state index in [0.29, 0.717) is 0 Å². The minimum absolute atomic E-state index is 0.0845. The lowest BCUT2D eigenvalue weighted by Crippen LogP contribution is -2.34. The number of ketones is 1. The molecule has 11 heteroatoms. The minimum atomic E-state index is -4.63. The van der Waals surface area contributed by atoms with Crippen molar-refractivity contribution in [3.63, 3.8) is 0 Å². The number of alkyl halides is 3. The molecule has 2 N–H and O–H groups in total. The number of hydrogen-bond donors (Lipinski definition) is 2. The van der Waals surface area contributed by atoms with Crippen LogP contribution in [0.2, 0.25) is 0 Å². The Labute approximate surface area is 142 Å². The van der Waals surface area contributed by atoms with Crippen molar-refractivity contribution in [1.82, 2.24) is 15.6 Å². The van der Waals surface area contributed by atoms with E-state index in [1.165, 1.54) is 7.05 Å². The van der Waals surface area contributed by atoms with Crippen molar-refractivity contribution in [3.05, 3.63) is 14.5 Å². The zero-order valence-electron chi connectivity index (χ0n) is 12.1. The quantitative estimate of drug-likeness (QED) is 0.696. The third-order valence-corrected chi connectivity index (χ3v) is 4.63. The number of nitrogens with one attached hydrogen (secondary N) is 2. The summed E-state index contributed by atoms with van der Waals surface area (Å²) in [4.78, 5) is 37.4. The fraction of sp³-hybridized carbons (Fsp3) is 0.500. The Morgan fingerprint density at radius 1 is 1.35 bits per heavy atom. The van der Waals surface area contributed by atoms with E-state index in [1.807, 2.05) is 0 Å². The summed E-state index contributed by atoms with van der Waals surface area (Å²) >= 11 is 3.05. The first-order valence-electron chi connectivity index (χ1n) is 6.35. The Morgan fingerprint density at radius 3 is 2.43 bits per heavy atom. The molecule has 0 saturated carbocycles. The molecular formula is C12H13BrF3N3O3S. The lowest BCUT2D eigenvalue weighted by atomic mass is 10.1. The van der Waals surface area contributed by atoms with Gasteiger partial charge < -0.3 is 10.6 Å². The van der Waals surface area contributed by atoms with Gasteiger partial charge in [-0.2, -0.15) is 13.2 Å². The lowest BCUT2D eigenvalue weighted by Gasteiger charge is -2.12. The Morgan fingerprint density at radius 2 is 1.96 bits per heavy atom. The standard InChI is InChI=1S/C12H13BrF3N3O3S/c1-5(3-4-6(20)9(21)17-2)18-10(22)7-8(13)19-11(23-7)12(14,15)16/h5H,3-4H2,1-2H3,(H,17,21)(H,18,22). The van der Waals surface area contributed by atoms with E-state index in [0.717, 1.165) is 0 Å². The molecule has 0 radical (unpaired) electrons. The van der Waals surface area contributed by atoms with E-state index in [4.69, 9.17) is 0 Å². The van der Waals surface area contributed by atoms with Crippen LogP contribution in [-0.2, 0) is 15.8 Å². The van der Waals surface area contributed by atoms with Gasteiger partial charge in [0.25, 0.3) is 11.8 Å². The van der Waals surface area contributed by atoms with Crippen LogP contribution in [0, 0.1) is 0 Å². The topological polar surface area (TPSA) is 88.2 Å². The summed E-state index contributed by atoms with van der Waals surface area (Å²) in [6.07, 6.45) is -4.53. The van der Waals surface area contributed by atoms with Crippen LogP contribution in [0.4, 0.5) is 13.2 Å². The summed E-state index contributed by atoms with van der Waals surface area (Å²) < 4.78 is 37.4. The van der Waals surface area contributed by atoms with Crippen molar-refractivity contribution in [3.8, 4) is 0 Å². The van der Waals surface area contributed by atoms with Gasteiger partial charge in [0.05, 0.1) is 0 Å². The molecule has 0 saturated heterocycles. The van der Waals surface area contributed by atoms with Gasteiger partial charge in [-0.1, -0.05) is 0 Å². The molecule has 0 aliphatic rings. The molecule has 1 aromatic heterocycles. The minimum Gasteiger partial charge on any atom is -0.353 e. The maximum atomic E-state index is 12.5. The zero-order chi connectivity index (χ0) is 17.8. The highest BCUT2D eigenvalue weighted by Crippen LogP contribution is 2.35. The van der Waals surface area contributed by atoms with Gasteiger partial charge >= 0.3 is 6.18 Å². The third-order valence-electron chi connectivity index (χ3n) is 2.70. The fourth-order valence-electron chi connectivity index (χ4n) is 1.52. The highest BCUT2D eigenvalue weighted by Gasteiger charge is 2.36. The van der Waals surface area contributed by atoms with Crippen molar-refractivity contribution >= 4 is 44.9 Å². The van der Waals surface area contributed by atoms with E-state index >= 15 is 0 Å². The van der Waals surface area contributed by atoms with E-state index in [2.05, 4.69) is 31.5 Å². The molecule has 1 atom stereocenters. The smallest absolute Gasteiger partial charge is 0.353 e. The van der Waals surface area contributed by atoms with E-state index in [-0.39, 0.29) is 33.7 Å². The first-order valence-corrected chi connectivity index (χ1v) is 7.96. The highest BCUT2D eigenvalue weighted by atomic mass is 79.9. The SMILES string of the molecule is CNC(=O)C(=O)CCC(C)NC(=O)c1sc(C(F)(F)F)nc1Br. The van der Waals surface area contributed by atoms with Crippen molar-refractivity contribution in [1.29, 1.82) is 0 Å². The Bertz CT molecular complexity index is 618. The molecular weight excluding hydrogens is 403 g/mol. The van der Waals surface area contributed by atoms with Gasteiger partial charge in [-0.25, -0.2) is 4.98 Å². The van der Waals surface area contributed by atoms with E-state index in [1.54, 1.807) is 6.92 Å². The molecule has 2 amide bonds. The number of Topliss-reactive ketones (excluding diaryl/α,β-unsaturated/α-hetero) is 1. The molecule has 0 aliphatic heterocycles. The number of thiazole rings is 1. The summed E-state index contributed by atoms with van der Waals surface area (Å²) in [5.41, 5.74) is 0. The molecule has 0 bridgehead atoms. The first kappa shape index (κ1) is 19.6. The molecule has 0 spiro atoms. The number of hydrogen-bond acceptors (Lipinski definition) is 5. The van der Waals surface area contributed by atoms with E-state index < -0.39 is 34.8 Å². The van der Waals surface area contributed by atoms with Crippen LogP contribution in [0.1, 0.15) is 34.4 Å². The Hall–Kier alpha value is -1.49. The number of carbonyl (C=O) groups is 3. The van der Waals surface area contributed by atoms with Gasteiger partial charge in [-0.15, -0.1) is 11.3 Å². The fourth-order valence-corrected chi connectivity index (χ4v) is 2.97. The summed E-state index contributed by atoms with van der Waals surface area (Å²) in [5.74, 6) is -2.10. The van der Waals surface area contributed by atoms with Gasteiger partial charge in [0.15, 0.2) is 5.01 Å². The Balaban J connectivity index is 2.64. The average Bonchev–Trinajstić information content (AvgIpc) is 2.86. The van der Waals surface area contributed by atoms with Gasteiger partial charge in [-0.05, 0) is 29.3 Å². The molecule has 0 fully saturated rings. The largest absolute Gasteiger partial charge is 0.443 e. The van der Waals surface area contributed by atoms with Crippen LogP contribution in [0.15, 0.2) is 4.60 Å². The van der Waals surface area contributed by atoms with Crippen molar-refractivity contribution in [2.45, 2.75) is 32.0 Å². The van der Waals surface area contributed by atoms with Crippen molar-refractivity contribution in [2.75, 3.05) is 7.05 Å². The van der Waals surface area contributed by atoms with Crippen LogP contribution in [0.3, 0.4) is 0 Å². The van der Waals surface area contributed by atoms with Crippen molar-refractivity contribution in [2.24, 2.45) is 0 Å². The maximum absolute atomic E-state index is 12.5. The summed E-state index contributed by atoms with van der Waals surface area (Å²) in [5, 5.41) is 3.52. The van der Waals surface area contributed by atoms with Crippen LogP contribution in [-0.4, -0.2) is 35.7 Å². The van der Waals surface area contributed by atoms with Gasteiger partial charge in [-0.3, -0.25) is 14.4 Å². The van der Waals surface area contributed by atoms with Gasteiger partial charge in [0.2, 0.25) is 5.78 Å². The molecule has 0 aliphatic carbocycles. The van der Waals surface area contributed by atoms with Crippen LogP contribution < -0.4 is 10.6 Å². The summed E-state index contributed by atoms with van der Waals surface area (Å²) in [6.45, 7) is 1.58. The summed E-state index contributed by atoms with van der Waals surface area (Å²) in [7, 11) is 1.32. The monoisotopic (exact) mass is 415 g/mol. The van der Waals surface area contributed by atoms with Gasteiger partial charge in [0, 0.05) is 19.5 Å². The molecule has 0 aromatic carbocycles. The number of nitrogens with zero attached hydrogens (tertiary/aromatic N) is 1. The van der Waals surface area contributed by atoms with Crippen molar-refractivity contribution < 1.29 is 27.6 Å². The second-order valence-electron chi connectivity index (χ2n) is 4.55. The highest BCUT2D eigenvalue weighted by molar-refractivity contribution is 9.10. The molecule has 6 nitrogen and oxygen atoms in total. The number of carbonyl (C=O) groups excluding carboxylic acids is 3. The average molecular weight is 416 g/mol. The molecule has 23 heavy (non-hydrogen) atoms. The lowest BCUT2D eigenvalue weighted by molar-refractivity contribution is -0.137. The second-order valence-corrected chi connectivity index (χ2v) is 6.30. The number of rotatable bonds is 6. The Kier molecular flexibility index (Phi) is 6.69. The molecule has 1 aromatic rings. The number of likely N-dealkylation sites (N-methyl/N-ethyl adjacent to an activating group) is 1. The molecule has 1 rings (SSSR count). The number of aromatic nitrogens is 1. The van der Waals surface area contributed by atoms with Crippen LogP contribution in [0.25, 0.3) is 0 Å². The van der Waals surface area contributed by atoms with Gasteiger partial charge in [0.1, 0.15) is 9.48 Å². The summed E-state index contributed by atoms with van der Waals surface area (Å²) in [6, 6.07) is -0.501. The zero-order valence-corrected chi connectivity index (χ0v) is 14.5. The van der Waals surface area contributed by atoms with E-state index in [9.17, 15) is 27.6 Å². The maximum Gasteiger partial charge on any atom is 0.443 e. The first-order chi connectivity index (χ1) is 10.6. The molecule has 1 heterocycles. The number of amides is 2. The normalized spacial score (nSPS) is 12.6. The second kappa shape index (κ2) is 7.86. The predicted molar refractivity (Wildman–Crippen MR) is 80.1 cm³/mol. The number of halogens is 4. The molecule has 1 unspecified atom stereocenters. The third kappa shape index (κ3) is 5.57. The van der Waals surface area contributed by atoms with Crippen LogP contribution in [0.5, 0.6) is 0 Å². The predicted octanol–water partition coefficient (Wildman–Crippen LogP) is 2.14. The molecule has 128 valence electrons. The van der Waals surface area contributed by atoms with Crippen LogP contribution >= 0.6 is 27.3 Å².